The first-order valence-corrected chi connectivity index (χ1v) is 6.37. The van der Waals surface area contributed by atoms with Crippen LogP contribution in [-0.4, -0.2) is 16.0 Å². The molecule has 2 rings (SSSR count). The van der Waals surface area contributed by atoms with E-state index in [1.165, 1.54) is 38.4 Å². The Labute approximate surface area is 102 Å². The van der Waals surface area contributed by atoms with Gasteiger partial charge in [0, 0.05) is 12.1 Å². The van der Waals surface area contributed by atoms with Crippen LogP contribution in [0.3, 0.4) is 0 Å². The normalized spacial score (nSPS) is 26.1. The average Bonchev–Trinajstić information content (AvgIpc) is 2.45. The summed E-state index contributed by atoms with van der Waals surface area (Å²) < 4.78 is 0. The Morgan fingerprint density at radius 1 is 1.25 bits per heavy atom. The highest BCUT2D eigenvalue weighted by Gasteiger charge is 2.19. The minimum atomic E-state index is 0.499. The summed E-state index contributed by atoms with van der Waals surface area (Å²) in [5, 5.41) is 3.97. The fourth-order valence-corrected chi connectivity index (χ4v) is 2.46. The van der Waals surface area contributed by atoms with Gasteiger partial charge in [-0.3, -0.25) is 0 Å². The number of nitrogens with one attached hydrogen (secondary N) is 1. The van der Waals surface area contributed by atoms with Gasteiger partial charge in [-0.2, -0.15) is 0 Å². The van der Waals surface area contributed by atoms with E-state index in [-0.39, 0.29) is 0 Å². The second-order valence-electron chi connectivity index (χ2n) is 4.59. The molecule has 1 aromatic rings. The molecule has 0 amide bonds. The molecule has 4 heteroatoms. The number of nitrogens with zero attached hydrogens (tertiary/aromatic N) is 2. The van der Waals surface area contributed by atoms with Gasteiger partial charge >= 0.3 is 0 Å². The highest BCUT2D eigenvalue weighted by Crippen LogP contribution is 2.25. The molecule has 0 spiro atoms. The Hall–Kier alpha value is -0.830. The van der Waals surface area contributed by atoms with Gasteiger partial charge in [-0.05, 0) is 18.8 Å². The summed E-state index contributed by atoms with van der Waals surface area (Å²) in [5.74, 6) is 1.55. The van der Waals surface area contributed by atoms with Crippen molar-refractivity contribution in [1.29, 1.82) is 0 Å². The maximum atomic E-state index is 5.84. The van der Waals surface area contributed by atoms with Crippen LogP contribution in [0.25, 0.3) is 0 Å². The lowest BCUT2D eigenvalue weighted by molar-refractivity contribution is 0.455. The molecule has 1 saturated carbocycles. The minimum Gasteiger partial charge on any atom is -0.367 e. The number of halogens is 1. The molecule has 0 bridgehead atoms. The molecule has 3 nitrogen and oxygen atoms in total. The Balaban J connectivity index is 2.02. The summed E-state index contributed by atoms with van der Waals surface area (Å²) in [4.78, 5) is 8.08. The van der Waals surface area contributed by atoms with Crippen molar-refractivity contribution in [1.82, 2.24) is 9.97 Å². The zero-order valence-corrected chi connectivity index (χ0v) is 10.4. The largest absolute Gasteiger partial charge is 0.367 e. The maximum Gasteiger partial charge on any atom is 0.134 e. The van der Waals surface area contributed by atoms with Crippen LogP contribution in [-0.2, 0) is 0 Å². The average molecular weight is 240 g/mol. The van der Waals surface area contributed by atoms with Gasteiger partial charge in [0.1, 0.15) is 17.3 Å². The predicted molar refractivity (Wildman–Crippen MR) is 66.7 cm³/mol. The summed E-state index contributed by atoms with van der Waals surface area (Å²) >= 11 is 5.84. The Kier molecular flexibility index (Phi) is 3.99. The molecule has 1 fully saturated rings. The minimum absolute atomic E-state index is 0.499. The molecule has 2 unspecified atom stereocenters. The number of hydrogen-bond donors (Lipinski definition) is 1. The van der Waals surface area contributed by atoms with Crippen molar-refractivity contribution in [2.24, 2.45) is 5.92 Å². The first kappa shape index (κ1) is 11.6. The number of rotatable bonds is 2. The summed E-state index contributed by atoms with van der Waals surface area (Å²) in [6.07, 6.45) is 8.04. The van der Waals surface area contributed by atoms with E-state index in [1.54, 1.807) is 6.07 Å². The van der Waals surface area contributed by atoms with Gasteiger partial charge in [0.05, 0.1) is 0 Å². The van der Waals surface area contributed by atoms with E-state index in [4.69, 9.17) is 11.6 Å². The van der Waals surface area contributed by atoms with Crippen LogP contribution in [0.5, 0.6) is 0 Å². The molecule has 0 aliphatic heterocycles. The summed E-state index contributed by atoms with van der Waals surface area (Å²) in [6.45, 7) is 2.31. The predicted octanol–water partition coefficient (Wildman–Crippen LogP) is 3.51. The highest BCUT2D eigenvalue weighted by molar-refractivity contribution is 6.29. The van der Waals surface area contributed by atoms with Crippen LogP contribution < -0.4 is 5.32 Å². The highest BCUT2D eigenvalue weighted by atomic mass is 35.5. The van der Waals surface area contributed by atoms with E-state index in [9.17, 15) is 0 Å². The lowest BCUT2D eigenvalue weighted by Gasteiger charge is -2.23. The van der Waals surface area contributed by atoms with Crippen LogP contribution in [0.15, 0.2) is 12.4 Å². The van der Waals surface area contributed by atoms with Crippen molar-refractivity contribution in [3.63, 3.8) is 0 Å². The molecule has 0 aromatic carbocycles. The van der Waals surface area contributed by atoms with E-state index in [1.807, 2.05) is 0 Å². The lowest BCUT2D eigenvalue weighted by Crippen LogP contribution is -2.26. The number of hydrogen-bond acceptors (Lipinski definition) is 3. The topological polar surface area (TPSA) is 37.8 Å². The molecule has 1 aliphatic carbocycles. The van der Waals surface area contributed by atoms with E-state index in [2.05, 4.69) is 22.2 Å². The first-order chi connectivity index (χ1) is 7.75. The molecule has 88 valence electrons. The molecule has 1 aliphatic rings. The van der Waals surface area contributed by atoms with Gasteiger partial charge in [0.2, 0.25) is 0 Å². The van der Waals surface area contributed by atoms with Gasteiger partial charge in [-0.1, -0.05) is 37.8 Å². The summed E-state index contributed by atoms with van der Waals surface area (Å²) in [7, 11) is 0. The Morgan fingerprint density at radius 3 is 2.88 bits per heavy atom. The monoisotopic (exact) mass is 239 g/mol. The fourth-order valence-electron chi connectivity index (χ4n) is 2.31. The van der Waals surface area contributed by atoms with Crippen LogP contribution in [0.4, 0.5) is 5.82 Å². The van der Waals surface area contributed by atoms with E-state index >= 15 is 0 Å². The maximum absolute atomic E-state index is 5.84. The molecule has 1 aromatic heterocycles. The molecule has 0 saturated heterocycles. The second-order valence-corrected chi connectivity index (χ2v) is 4.98. The van der Waals surface area contributed by atoms with Crippen molar-refractivity contribution in [2.45, 2.75) is 45.1 Å². The molecular weight excluding hydrogens is 222 g/mol. The second kappa shape index (κ2) is 5.48. The van der Waals surface area contributed by atoms with E-state index in [0.717, 1.165) is 5.82 Å². The van der Waals surface area contributed by atoms with Crippen molar-refractivity contribution in [3.8, 4) is 0 Å². The van der Waals surface area contributed by atoms with Crippen LogP contribution in [0, 0.1) is 5.92 Å². The molecule has 0 radical (unpaired) electrons. The third kappa shape index (κ3) is 3.08. The zero-order valence-electron chi connectivity index (χ0n) is 9.62. The van der Waals surface area contributed by atoms with Gasteiger partial charge in [-0.15, -0.1) is 0 Å². The van der Waals surface area contributed by atoms with E-state index < -0.39 is 0 Å². The molecule has 16 heavy (non-hydrogen) atoms. The zero-order chi connectivity index (χ0) is 11.4. The third-order valence-electron chi connectivity index (χ3n) is 3.33. The quantitative estimate of drug-likeness (QED) is 0.634. The Morgan fingerprint density at radius 2 is 2.06 bits per heavy atom. The number of aromatic nitrogens is 2. The smallest absolute Gasteiger partial charge is 0.134 e. The Bertz CT molecular complexity index is 343. The van der Waals surface area contributed by atoms with Gasteiger partial charge in [0.25, 0.3) is 0 Å². The lowest BCUT2D eigenvalue weighted by atomic mass is 9.97. The van der Waals surface area contributed by atoms with Gasteiger partial charge in [-0.25, -0.2) is 9.97 Å². The van der Waals surface area contributed by atoms with Crippen LogP contribution in [0.1, 0.15) is 39.0 Å². The first-order valence-electron chi connectivity index (χ1n) is 6.00. The van der Waals surface area contributed by atoms with Crippen molar-refractivity contribution >= 4 is 17.4 Å². The molecule has 1 heterocycles. The van der Waals surface area contributed by atoms with E-state index in [0.29, 0.717) is 17.1 Å². The summed E-state index contributed by atoms with van der Waals surface area (Å²) in [6, 6.07) is 2.31. The van der Waals surface area contributed by atoms with Crippen molar-refractivity contribution in [2.75, 3.05) is 5.32 Å². The fraction of sp³-hybridized carbons (Fsp3) is 0.667. The molecule has 1 N–H and O–H groups in total. The SMILES string of the molecule is CC1CCCCCC1Nc1cc(Cl)ncn1. The van der Waals surface area contributed by atoms with Crippen molar-refractivity contribution in [3.05, 3.63) is 17.5 Å². The van der Waals surface area contributed by atoms with Crippen LogP contribution >= 0.6 is 11.6 Å². The molecule has 2 atom stereocenters. The molecular formula is C12H18ClN3. The van der Waals surface area contributed by atoms with Crippen molar-refractivity contribution < 1.29 is 0 Å². The number of anilines is 1. The van der Waals surface area contributed by atoms with Gasteiger partial charge < -0.3 is 5.32 Å². The van der Waals surface area contributed by atoms with Gasteiger partial charge in [0.15, 0.2) is 0 Å². The summed E-state index contributed by atoms with van der Waals surface area (Å²) in [5.41, 5.74) is 0. The standard InChI is InChI=1S/C12H18ClN3/c1-9-5-3-2-4-6-10(9)16-12-7-11(13)14-8-15-12/h7-10H,2-6H2,1H3,(H,14,15,16). The third-order valence-corrected chi connectivity index (χ3v) is 3.54. The van der Waals surface area contributed by atoms with Crippen LogP contribution in [0.2, 0.25) is 5.15 Å².